The van der Waals surface area contributed by atoms with Gasteiger partial charge in [0, 0.05) is 18.8 Å². The molecule has 1 saturated heterocycles. The number of nitrogens with zero attached hydrogens (tertiary/aromatic N) is 1. The number of anilines is 1. The fourth-order valence-electron chi connectivity index (χ4n) is 2.09. The third-order valence-electron chi connectivity index (χ3n) is 3.28. The molecule has 0 aliphatic carbocycles. The minimum atomic E-state index is -5.29. The summed E-state index contributed by atoms with van der Waals surface area (Å²) in [5.74, 6) is 0. The molecule has 112 valence electrons. The van der Waals surface area contributed by atoms with Crippen molar-refractivity contribution in [3.63, 3.8) is 0 Å². The van der Waals surface area contributed by atoms with Gasteiger partial charge < -0.3 is 10.0 Å². The van der Waals surface area contributed by atoms with Crippen LogP contribution in [0.4, 0.5) is 18.9 Å². The number of piperidine rings is 1. The number of benzene rings is 1. The SMILES string of the molecule is O=S(=O)(c1ccc(N2CCC(O)CC2)cc1)C(F)(F)F. The first-order chi connectivity index (χ1) is 9.22. The Hall–Kier alpha value is -1.28. The summed E-state index contributed by atoms with van der Waals surface area (Å²) in [4.78, 5) is 1.14. The van der Waals surface area contributed by atoms with Crippen molar-refractivity contribution in [1.29, 1.82) is 0 Å². The molecular weight excluding hydrogens is 295 g/mol. The number of hydrogen-bond donors (Lipinski definition) is 1. The Bertz CT molecular complexity index is 561. The van der Waals surface area contributed by atoms with E-state index >= 15 is 0 Å². The van der Waals surface area contributed by atoms with E-state index in [-0.39, 0.29) is 6.10 Å². The second-order valence-corrected chi connectivity index (χ2v) is 6.60. The van der Waals surface area contributed by atoms with Crippen molar-refractivity contribution in [3.05, 3.63) is 24.3 Å². The van der Waals surface area contributed by atoms with Crippen LogP contribution >= 0.6 is 0 Å². The van der Waals surface area contributed by atoms with E-state index in [1.54, 1.807) is 0 Å². The Morgan fingerprint density at radius 1 is 1.10 bits per heavy atom. The lowest BCUT2D eigenvalue weighted by molar-refractivity contribution is -0.0436. The van der Waals surface area contributed by atoms with Crippen molar-refractivity contribution in [1.82, 2.24) is 0 Å². The predicted molar refractivity (Wildman–Crippen MR) is 67.1 cm³/mol. The monoisotopic (exact) mass is 309 g/mol. The molecule has 1 aromatic carbocycles. The second kappa shape index (κ2) is 5.25. The van der Waals surface area contributed by atoms with Gasteiger partial charge in [-0.2, -0.15) is 13.2 Å². The van der Waals surface area contributed by atoms with Gasteiger partial charge >= 0.3 is 5.51 Å². The summed E-state index contributed by atoms with van der Waals surface area (Å²) in [5.41, 5.74) is -4.64. The highest BCUT2D eigenvalue weighted by atomic mass is 32.2. The van der Waals surface area contributed by atoms with E-state index < -0.39 is 20.2 Å². The van der Waals surface area contributed by atoms with Crippen LogP contribution in [0.2, 0.25) is 0 Å². The van der Waals surface area contributed by atoms with E-state index in [4.69, 9.17) is 0 Å². The average molecular weight is 309 g/mol. The molecule has 20 heavy (non-hydrogen) atoms. The number of sulfone groups is 1. The molecule has 1 aliphatic heterocycles. The van der Waals surface area contributed by atoms with E-state index in [1.807, 2.05) is 4.90 Å². The normalized spacial score (nSPS) is 18.3. The first-order valence-electron chi connectivity index (χ1n) is 6.06. The molecular formula is C12H14F3NO3S. The highest BCUT2D eigenvalue weighted by molar-refractivity contribution is 7.92. The van der Waals surface area contributed by atoms with Gasteiger partial charge in [-0.1, -0.05) is 0 Å². The molecule has 0 spiro atoms. The van der Waals surface area contributed by atoms with Crippen LogP contribution in [0.15, 0.2) is 29.2 Å². The summed E-state index contributed by atoms with van der Waals surface area (Å²) in [7, 11) is -5.29. The molecule has 2 rings (SSSR count). The first kappa shape index (κ1) is 15.1. The zero-order valence-electron chi connectivity index (χ0n) is 10.5. The van der Waals surface area contributed by atoms with Crippen LogP contribution in [-0.4, -0.2) is 38.2 Å². The molecule has 0 radical (unpaired) electrons. The summed E-state index contributed by atoms with van der Waals surface area (Å²) in [6, 6.07) is 4.64. The molecule has 1 N–H and O–H groups in total. The van der Waals surface area contributed by atoms with E-state index in [9.17, 15) is 26.7 Å². The molecule has 1 aromatic rings. The van der Waals surface area contributed by atoms with E-state index in [0.29, 0.717) is 31.6 Å². The van der Waals surface area contributed by atoms with Crippen LogP contribution in [0.1, 0.15) is 12.8 Å². The van der Waals surface area contributed by atoms with Crippen LogP contribution < -0.4 is 4.90 Å². The van der Waals surface area contributed by atoms with Gasteiger partial charge in [-0.3, -0.25) is 0 Å². The van der Waals surface area contributed by atoms with Crippen molar-refractivity contribution in [3.8, 4) is 0 Å². The number of alkyl halides is 3. The van der Waals surface area contributed by atoms with Gasteiger partial charge in [0.15, 0.2) is 0 Å². The highest BCUT2D eigenvalue weighted by Gasteiger charge is 2.46. The van der Waals surface area contributed by atoms with E-state index in [0.717, 1.165) is 12.1 Å². The Kier molecular flexibility index (Phi) is 3.97. The lowest BCUT2D eigenvalue weighted by atomic mass is 10.1. The fourth-order valence-corrected chi connectivity index (χ4v) is 2.86. The molecule has 0 atom stereocenters. The van der Waals surface area contributed by atoms with Gasteiger partial charge in [0.2, 0.25) is 0 Å². The molecule has 0 saturated carbocycles. The summed E-state index contributed by atoms with van der Waals surface area (Å²) < 4.78 is 59.6. The Balaban J connectivity index is 2.19. The van der Waals surface area contributed by atoms with Crippen molar-refractivity contribution in [2.24, 2.45) is 0 Å². The number of aliphatic hydroxyl groups is 1. The van der Waals surface area contributed by atoms with Crippen molar-refractivity contribution in [2.45, 2.75) is 29.3 Å². The molecule has 4 nitrogen and oxygen atoms in total. The number of rotatable bonds is 2. The minimum Gasteiger partial charge on any atom is -0.393 e. The summed E-state index contributed by atoms with van der Waals surface area (Å²) in [6.07, 6.45) is 0.821. The van der Waals surface area contributed by atoms with Crippen LogP contribution in [-0.2, 0) is 9.84 Å². The van der Waals surface area contributed by atoms with Gasteiger partial charge in [-0.15, -0.1) is 0 Å². The third-order valence-corrected chi connectivity index (χ3v) is 4.78. The maximum absolute atomic E-state index is 12.4. The quantitative estimate of drug-likeness (QED) is 0.907. The number of aliphatic hydroxyl groups excluding tert-OH is 1. The summed E-state index contributed by atoms with van der Waals surface area (Å²) in [5, 5.41) is 9.38. The maximum Gasteiger partial charge on any atom is 0.501 e. The smallest absolute Gasteiger partial charge is 0.393 e. The van der Waals surface area contributed by atoms with Gasteiger partial charge in [0.1, 0.15) is 0 Å². The molecule has 0 bridgehead atoms. The zero-order chi connectivity index (χ0) is 15.0. The Labute approximate surface area is 114 Å². The molecule has 0 aromatic heterocycles. The van der Waals surface area contributed by atoms with Crippen LogP contribution in [0.3, 0.4) is 0 Å². The Morgan fingerprint density at radius 3 is 2.05 bits per heavy atom. The van der Waals surface area contributed by atoms with Crippen LogP contribution in [0.25, 0.3) is 0 Å². The van der Waals surface area contributed by atoms with E-state index in [2.05, 4.69) is 0 Å². The van der Waals surface area contributed by atoms with Crippen molar-refractivity contribution >= 4 is 15.5 Å². The lowest BCUT2D eigenvalue weighted by Crippen LogP contribution is -2.35. The van der Waals surface area contributed by atoms with Crippen molar-refractivity contribution < 1.29 is 26.7 Å². The van der Waals surface area contributed by atoms with Crippen LogP contribution in [0.5, 0.6) is 0 Å². The molecule has 1 fully saturated rings. The lowest BCUT2D eigenvalue weighted by Gasteiger charge is -2.31. The first-order valence-corrected chi connectivity index (χ1v) is 7.54. The van der Waals surface area contributed by atoms with Gasteiger partial charge in [-0.05, 0) is 37.1 Å². The maximum atomic E-state index is 12.4. The fraction of sp³-hybridized carbons (Fsp3) is 0.500. The minimum absolute atomic E-state index is 0.351. The predicted octanol–water partition coefficient (Wildman–Crippen LogP) is 1.94. The second-order valence-electron chi connectivity index (χ2n) is 4.66. The summed E-state index contributed by atoms with van der Waals surface area (Å²) >= 11 is 0. The third kappa shape index (κ3) is 2.90. The number of halogens is 3. The average Bonchev–Trinajstić information content (AvgIpc) is 2.38. The standard InChI is InChI=1S/C12H14F3NO3S/c13-12(14,15)20(18,19)11-3-1-9(2-4-11)16-7-5-10(17)6-8-16/h1-4,10,17H,5-8H2. The molecule has 0 amide bonds. The van der Waals surface area contributed by atoms with Gasteiger partial charge in [0.25, 0.3) is 9.84 Å². The highest BCUT2D eigenvalue weighted by Crippen LogP contribution is 2.31. The largest absolute Gasteiger partial charge is 0.501 e. The topological polar surface area (TPSA) is 57.6 Å². The Morgan fingerprint density at radius 2 is 1.60 bits per heavy atom. The molecule has 8 heteroatoms. The molecule has 1 aliphatic rings. The van der Waals surface area contributed by atoms with Gasteiger partial charge in [0.05, 0.1) is 11.0 Å². The zero-order valence-corrected chi connectivity index (χ0v) is 11.3. The molecule has 0 unspecified atom stereocenters. The van der Waals surface area contributed by atoms with Crippen molar-refractivity contribution in [2.75, 3.05) is 18.0 Å². The van der Waals surface area contributed by atoms with E-state index in [1.165, 1.54) is 12.1 Å². The van der Waals surface area contributed by atoms with Gasteiger partial charge in [-0.25, -0.2) is 8.42 Å². The van der Waals surface area contributed by atoms with Crippen LogP contribution in [0, 0.1) is 0 Å². The summed E-state index contributed by atoms with van der Waals surface area (Å²) in [6.45, 7) is 1.18. The number of hydrogen-bond acceptors (Lipinski definition) is 4. The molecule has 1 heterocycles.